The van der Waals surface area contributed by atoms with Crippen molar-refractivity contribution >= 4 is 0 Å². The van der Waals surface area contributed by atoms with Gasteiger partial charge in [-0.1, -0.05) is 10.4 Å². The predicted octanol–water partition coefficient (Wildman–Crippen LogP) is 0.130. The smallest absolute Gasteiger partial charge is 0.218 e. The van der Waals surface area contributed by atoms with Gasteiger partial charge >= 0.3 is 0 Å². The van der Waals surface area contributed by atoms with Crippen LogP contribution in [0.1, 0.15) is 6.42 Å². The minimum Gasteiger partial charge on any atom is -0.388 e. The normalized spacial score (nSPS) is 36.6. The van der Waals surface area contributed by atoms with E-state index in [1.165, 1.54) is 0 Å². The van der Waals surface area contributed by atoms with Crippen LogP contribution < -0.4 is 0 Å². The number of aliphatic hydroxyl groups is 1. The van der Waals surface area contributed by atoms with Gasteiger partial charge in [-0.05, 0) is 11.6 Å². The van der Waals surface area contributed by atoms with Gasteiger partial charge in [0.15, 0.2) is 6.04 Å². The first-order valence-electron chi connectivity index (χ1n) is 4.02. The second kappa shape index (κ2) is 4.82. The fourth-order valence-electron chi connectivity index (χ4n) is 1.35. The third-order valence-corrected chi connectivity index (χ3v) is 2.07. The van der Waals surface area contributed by atoms with Crippen molar-refractivity contribution in [2.24, 2.45) is 15.5 Å². The van der Waals surface area contributed by atoms with Gasteiger partial charge in [0, 0.05) is 0 Å². The highest BCUT2D eigenvalue weighted by molar-refractivity contribution is 4.94. The molecule has 1 saturated heterocycles. The summed E-state index contributed by atoms with van der Waals surface area (Å²) in [6.07, 6.45) is -3.10. The zero-order valence-corrected chi connectivity index (χ0v) is 7.15. The Labute approximate surface area is 78.6 Å². The third-order valence-electron chi connectivity index (χ3n) is 2.07. The molecular weight excluding hydrogens is 194 g/mol. The lowest BCUT2D eigenvalue weighted by molar-refractivity contribution is 0.00956. The van der Waals surface area contributed by atoms with Crippen LogP contribution in [-0.2, 0) is 4.74 Å². The van der Waals surface area contributed by atoms with Gasteiger partial charge < -0.3 is 9.84 Å². The molecule has 1 aliphatic heterocycles. The molecule has 1 aliphatic rings. The summed E-state index contributed by atoms with van der Waals surface area (Å²) in [5.41, 5.74) is 0. The van der Waals surface area contributed by atoms with E-state index in [4.69, 9.17) is 4.74 Å². The maximum absolute atomic E-state index is 10.2. The summed E-state index contributed by atoms with van der Waals surface area (Å²) in [5, 5.41) is 17.1. The molecule has 1 fully saturated rings. The number of ether oxygens (including phenoxy) is 1. The minimum absolute atomic E-state index is 0.0567. The highest BCUT2D eigenvalue weighted by atomic mass is 16.5. The van der Waals surface area contributed by atoms with E-state index < -0.39 is 24.5 Å². The van der Waals surface area contributed by atoms with Gasteiger partial charge in [0.25, 0.3) is 0 Å². The number of nitroso groups, excluding NO2 is 3. The summed E-state index contributed by atoms with van der Waals surface area (Å²) in [7, 11) is 0. The SMILES string of the molecule is O=NCC[C@H]1OC(N=O)[C@@H](N=O)[C@H]1O. The van der Waals surface area contributed by atoms with E-state index in [0.29, 0.717) is 0 Å². The molecule has 8 nitrogen and oxygen atoms in total. The van der Waals surface area contributed by atoms with Gasteiger partial charge in [0.2, 0.25) is 6.23 Å². The molecule has 78 valence electrons. The molecular formula is C6H9N3O5. The fourth-order valence-corrected chi connectivity index (χ4v) is 1.35. The molecule has 14 heavy (non-hydrogen) atoms. The van der Waals surface area contributed by atoms with E-state index in [1.807, 2.05) is 0 Å². The molecule has 0 amide bonds. The van der Waals surface area contributed by atoms with Crippen molar-refractivity contribution in [3.63, 3.8) is 0 Å². The molecule has 1 N–H and O–H groups in total. The molecule has 8 heteroatoms. The largest absolute Gasteiger partial charge is 0.388 e. The first-order valence-corrected chi connectivity index (χ1v) is 4.02. The maximum Gasteiger partial charge on any atom is 0.218 e. The molecule has 1 heterocycles. The molecule has 0 aromatic heterocycles. The fraction of sp³-hybridized carbons (Fsp3) is 1.00. The Kier molecular flexibility index (Phi) is 3.72. The van der Waals surface area contributed by atoms with E-state index in [1.54, 1.807) is 0 Å². The number of rotatable bonds is 5. The predicted molar refractivity (Wildman–Crippen MR) is 45.3 cm³/mol. The van der Waals surface area contributed by atoms with Gasteiger partial charge in [-0.15, -0.1) is 4.91 Å². The van der Waals surface area contributed by atoms with Crippen LogP contribution in [0.15, 0.2) is 15.5 Å². The summed E-state index contributed by atoms with van der Waals surface area (Å²) < 4.78 is 4.91. The molecule has 0 spiro atoms. The summed E-state index contributed by atoms with van der Waals surface area (Å²) in [4.78, 5) is 30.2. The summed E-state index contributed by atoms with van der Waals surface area (Å²) in [6, 6.07) is -1.19. The van der Waals surface area contributed by atoms with Crippen LogP contribution in [0.4, 0.5) is 0 Å². The lowest BCUT2D eigenvalue weighted by atomic mass is 10.1. The van der Waals surface area contributed by atoms with Crippen molar-refractivity contribution in [3.8, 4) is 0 Å². The van der Waals surface area contributed by atoms with Crippen molar-refractivity contribution < 1.29 is 9.84 Å². The average Bonchev–Trinajstić information content (AvgIpc) is 2.51. The molecule has 1 unspecified atom stereocenters. The lowest BCUT2D eigenvalue weighted by Gasteiger charge is -2.10. The van der Waals surface area contributed by atoms with Crippen molar-refractivity contribution in [2.75, 3.05) is 6.54 Å². The van der Waals surface area contributed by atoms with Gasteiger partial charge in [0.1, 0.15) is 6.10 Å². The van der Waals surface area contributed by atoms with Gasteiger partial charge in [-0.25, -0.2) is 0 Å². The second-order valence-corrected chi connectivity index (χ2v) is 2.90. The lowest BCUT2D eigenvalue weighted by Crippen LogP contribution is -2.30. The number of nitrogens with zero attached hydrogens (tertiary/aromatic N) is 3. The Hall–Kier alpha value is -1.28. The molecule has 0 aromatic carbocycles. The van der Waals surface area contributed by atoms with Crippen LogP contribution in [-0.4, -0.2) is 36.1 Å². The first kappa shape index (κ1) is 10.8. The maximum atomic E-state index is 10.2. The monoisotopic (exact) mass is 203 g/mol. The van der Waals surface area contributed by atoms with E-state index in [2.05, 4.69) is 15.5 Å². The average molecular weight is 203 g/mol. The minimum atomic E-state index is -1.26. The van der Waals surface area contributed by atoms with Crippen molar-refractivity contribution in [3.05, 3.63) is 14.7 Å². The highest BCUT2D eigenvalue weighted by Crippen LogP contribution is 2.26. The van der Waals surface area contributed by atoms with Crippen LogP contribution in [0.2, 0.25) is 0 Å². The summed E-state index contributed by atoms with van der Waals surface area (Å²) >= 11 is 0. The Morgan fingerprint density at radius 3 is 2.36 bits per heavy atom. The van der Waals surface area contributed by atoms with E-state index in [-0.39, 0.29) is 13.0 Å². The molecule has 1 rings (SSSR count). The Morgan fingerprint density at radius 2 is 1.93 bits per heavy atom. The molecule has 0 saturated carbocycles. The molecule has 0 aliphatic carbocycles. The first-order chi connectivity index (χ1) is 6.74. The van der Waals surface area contributed by atoms with Gasteiger partial charge in [0.05, 0.1) is 12.6 Å². The standard InChI is InChI=1S/C6H9N3O5/c10-5-3(1-2-7-11)14-6(9-13)4(5)8-12/h3-6,10H,1-2H2/t3-,4+,5+,6?/m1/s1. The molecule has 0 bridgehead atoms. The zero-order chi connectivity index (χ0) is 10.6. The highest BCUT2D eigenvalue weighted by Gasteiger charge is 2.45. The molecule has 0 radical (unpaired) electrons. The Bertz CT molecular complexity index is 236. The number of hydrogen-bond donors (Lipinski definition) is 1. The van der Waals surface area contributed by atoms with Crippen molar-refractivity contribution in [1.29, 1.82) is 0 Å². The van der Waals surface area contributed by atoms with Crippen LogP contribution in [0.3, 0.4) is 0 Å². The molecule has 0 aromatic rings. The van der Waals surface area contributed by atoms with E-state index in [9.17, 15) is 19.8 Å². The topological polar surface area (TPSA) is 118 Å². The Morgan fingerprint density at radius 1 is 1.21 bits per heavy atom. The van der Waals surface area contributed by atoms with E-state index >= 15 is 0 Å². The number of aliphatic hydroxyl groups excluding tert-OH is 1. The van der Waals surface area contributed by atoms with Gasteiger partial charge in [-0.3, -0.25) is 0 Å². The van der Waals surface area contributed by atoms with Crippen LogP contribution >= 0.6 is 0 Å². The van der Waals surface area contributed by atoms with Crippen molar-refractivity contribution in [1.82, 2.24) is 0 Å². The quantitative estimate of drug-likeness (QED) is 0.637. The summed E-state index contributed by atoms with van der Waals surface area (Å²) in [6.45, 7) is -0.0567. The second-order valence-electron chi connectivity index (χ2n) is 2.90. The van der Waals surface area contributed by atoms with E-state index in [0.717, 1.165) is 0 Å². The number of hydrogen-bond acceptors (Lipinski definition) is 8. The zero-order valence-electron chi connectivity index (χ0n) is 7.15. The van der Waals surface area contributed by atoms with Gasteiger partial charge in [-0.2, -0.15) is 9.81 Å². The summed E-state index contributed by atoms with van der Waals surface area (Å²) in [5.74, 6) is 0. The third kappa shape index (κ3) is 1.96. The Balaban J connectivity index is 2.60. The van der Waals surface area contributed by atoms with Crippen LogP contribution in [0.25, 0.3) is 0 Å². The molecule has 4 atom stereocenters. The van der Waals surface area contributed by atoms with Crippen LogP contribution in [0.5, 0.6) is 0 Å². The van der Waals surface area contributed by atoms with Crippen LogP contribution in [0, 0.1) is 14.7 Å². The van der Waals surface area contributed by atoms with Crippen molar-refractivity contribution in [2.45, 2.75) is 30.9 Å².